The number of hydrogen-bond donors (Lipinski definition) is 3. The molecule has 102 valence electrons. The van der Waals surface area contributed by atoms with E-state index in [1.165, 1.54) is 23.2 Å². The van der Waals surface area contributed by atoms with E-state index in [4.69, 9.17) is 0 Å². The fraction of sp³-hybridized carbons (Fsp3) is 0.533. The van der Waals surface area contributed by atoms with Gasteiger partial charge in [-0.25, -0.2) is 4.79 Å². The normalized spacial score (nSPS) is 17.3. The standard InChI is InChI=1S/C15H21N3O/c19-15(18-13-6-7-13)17-10-8-12-4-1-3-11-5-2-9-16-14(11)12/h1,3-4,13,16H,2,5-10H2,(H2,17,18,19). The van der Waals surface area contributed by atoms with E-state index in [9.17, 15) is 4.79 Å². The van der Waals surface area contributed by atoms with Gasteiger partial charge in [-0.15, -0.1) is 0 Å². The Hall–Kier alpha value is -1.71. The van der Waals surface area contributed by atoms with Crippen molar-refractivity contribution in [2.24, 2.45) is 0 Å². The third kappa shape index (κ3) is 3.19. The molecule has 1 saturated carbocycles. The highest BCUT2D eigenvalue weighted by Gasteiger charge is 2.22. The summed E-state index contributed by atoms with van der Waals surface area (Å²) in [6.45, 7) is 1.75. The van der Waals surface area contributed by atoms with Gasteiger partial charge in [-0.3, -0.25) is 0 Å². The van der Waals surface area contributed by atoms with Crippen LogP contribution in [-0.4, -0.2) is 25.2 Å². The second kappa shape index (κ2) is 5.51. The molecule has 2 amide bonds. The molecule has 3 N–H and O–H groups in total. The Morgan fingerprint density at radius 1 is 1.37 bits per heavy atom. The van der Waals surface area contributed by atoms with Gasteiger partial charge in [0.05, 0.1) is 0 Å². The molecular weight excluding hydrogens is 238 g/mol. The molecule has 0 saturated heterocycles. The van der Waals surface area contributed by atoms with Gasteiger partial charge in [-0.1, -0.05) is 18.2 Å². The molecule has 0 spiro atoms. The first-order chi connectivity index (χ1) is 9.33. The largest absolute Gasteiger partial charge is 0.385 e. The maximum Gasteiger partial charge on any atom is 0.315 e. The molecule has 0 unspecified atom stereocenters. The number of rotatable bonds is 4. The molecule has 1 aromatic carbocycles. The topological polar surface area (TPSA) is 53.2 Å². The van der Waals surface area contributed by atoms with E-state index in [1.54, 1.807) is 0 Å². The maximum atomic E-state index is 11.5. The van der Waals surface area contributed by atoms with Crippen molar-refractivity contribution in [1.82, 2.24) is 10.6 Å². The maximum absolute atomic E-state index is 11.5. The van der Waals surface area contributed by atoms with Gasteiger partial charge < -0.3 is 16.0 Å². The summed E-state index contributed by atoms with van der Waals surface area (Å²) in [7, 11) is 0. The Kier molecular flexibility index (Phi) is 3.58. The number of nitrogens with one attached hydrogen (secondary N) is 3. The second-order valence-electron chi connectivity index (χ2n) is 5.41. The van der Waals surface area contributed by atoms with E-state index in [-0.39, 0.29) is 6.03 Å². The molecule has 1 fully saturated rings. The van der Waals surface area contributed by atoms with Crippen molar-refractivity contribution in [3.8, 4) is 0 Å². The number of hydrogen-bond acceptors (Lipinski definition) is 2. The summed E-state index contributed by atoms with van der Waals surface area (Å²) >= 11 is 0. The molecule has 1 aliphatic carbocycles. The molecule has 4 nitrogen and oxygen atoms in total. The Morgan fingerprint density at radius 3 is 3.11 bits per heavy atom. The molecule has 2 aliphatic rings. The number of carbonyl (C=O) groups excluding carboxylic acids is 1. The van der Waals surface area contributed by atoms with Crippen molar-refractivity contribution in [3.63, 3.8) is 0 Å². The van der Waals surface area contributed by atoms with Gasteiger partial charge in [0.25, 0.3) is 0 Å². The van der Waals surface area contributed by atoms with Gasteiger partial charge in [0, 0.05) is 24.8 Å². The fourth-order valence-electron chi connectivity index (χ4n) is 2.56. The Morgan fingerprint density at radius 2 is 2.26 bits per heavy atom. The van der Waals surface area contributed by atoms with Crippen molar-refractivity contribution in [3.05, 3.63) is 29.3 Å². The Balaban J connectivity index is 1.53. The highest BCUT2D eigenvalue weighted by Crippen LogP contribution is 2.26. The average molecular weight is 259 g/mol. The first-order valence-corrected chi connectivity index (χ1v) is 7.22. The van der Waals surface area contributed by atoms with Crippen molar-refractivity contribution < 1.29 is 4.79 Å². The number of carbonyl (C=O) groups is 1. The smallest absolute Gasteiger partial charge is 0.315 e. The van der Waals surface area contributed by atoms with Crippen LogP contribution in [0.15, 0.2) is 18.2 Å². The molecule has 1 aliphatic heterocycles. The second-order valence-corrected chi connectivity index (χ2v) is 5.41. The number of para-hydroxylation sites is 1. The van der Waals surface area contributed by atoms with Crippen LogP contribution >= 0.6 is 0 Å². The van der Waals surface area contributed by atoms with Crippen LogP contribution in [0.5, 0.6) is 0 Å². The number of benzene rings is 1. The Labute approximate surface area is 114 Å². The van der Waals surface area contributed by atoms with E-state index >= 15 is 0 Å². The highest BCUT2D eigenvalue weighted by atomic mass is 16.2. The third-order valence-electron chi connectivity index (χ3n) is 3.75. The number of anilines is 1. The number of amides is 2. The molecule has 1 heterocycles. The first-order valence-electron chi connectivity index (χ1n) is 7.22. The molecule has 0 atom stereocenters. The molecule has 0 radical (unpaired) electrons. The van der Waals surface area contributed by atoms with Gasteiger partial charge in [-0.2, -0.15) is 0 Å². The summed E-state index contributed by atoms with van der Waals surface area (Å²) in [5.41, 5.74) is 4.01. The predicted octanol–water partition coefficient (Wildman–Crippen LogP) is 2.05. The van der Waals surface area contributed by atoms with E-state index in [1.807, 2.05) is 0 Å². The number of aryl methyl sites for hydroxylation is 1. The monoisotopic (exact) mass is 259 g/mol. The summed E-state index contributed by atoms with van der Waals surface area (Å²) in [4.78, 5) is 11.5. The summed E-state index contributed by atoms with van der Waals surface area (Å²) in [6, 6.07) is 6.85. The number of urea groups is 1. The molecule has 19 heavy (non-hydrogen) atoms. The van der Waals surface area contributed by atoms with Crippen LogP contribution in [0.4, 0.5) is 10.5 Å². The minimum absolute atomic E-state index is 0.0275. The van der Waals surface area contributed by atoms with Gasteiger partial charge >= 0.3 is 6.03 Å². The summed E-state index contributed by atoms with van der Waals surface area (Å²) in [6.07, 6.45) is 5.51. The van der Waals surface area contributed by atoms with Gasteiger partial charge in [-0.05, 0) is 43.2 Å². The summed E-state index contributed by atoms with van der Waals surface area (Å²) < 4.78 is 0. The lowest BCUT2D eigenvalue weighted by Crippen LogP contribution is -2.37. The Bertz CT molecular complexity index is 468. The molecule has 0 aromatic heterocycles. The van der Waals surface area contributed by atoms with E-state index in [0.717, 1.165) is 32.2 Å². The lowest BCUT2D eigenvalue weighted by Gasteiger charge is -2.21. The van der Waals surface area contributed by atoms with Crippen molar-refractivity contribution in [1.29, 1.82) is 0 Å². The third-order valence-corrected chi connectivity index (χ3v) is 3.75. The predicted molar refractivity (Wildman–Crippen MR) is 76.5 cm³/mol. The minimum atomic E-state index is -0.0275. The average Bonchev–Trinajstić information content (AvgIpc) is 3.23. The van der Waals surface area contributed by atoms with Gasteiger partial charge in [0.15, 0.2) is 0 Å². The fourth-order valence-corrected chi connectivity index (χ4v) is 2.56. The zero-order valence-electron chi connectivity index (χ0n) is 11.2. The van der Waals surface area contributed by atoms with Crippen LogP contribution in [0.25, 0.3) is 0 Å². The molecule has 1 aromatic rings. The summed E-state index contributed by atoms with van der Waals surface area (Å²) in [5.74, 6) is 0. The molecule has 0 bridgehead atoms. The van der Waals surface area contributed by atoms with Gasteiger partial charge in [0.1, 0.15) is 0 Å². The van der Waals surface area contributed by atoms with Crippen molar-refractivity contribution in [2.45, 2.75) is 38.1 Å². The SMILES string of the molecule is O=C(NCCc1cccc2c1NCCC2)NC1CC1. The van der Waals surface area contributed by atoms with E-state index in [2.05, 4.69) is 34.1 Å². The van der Waals surface area contributed by atoms with Crippen LogP contribution in [0.1, 0.15) is 30.4 Å². The number of fused-ring (bicyclic) bond motifs is 1. The zero-order chi connectivity index (χ0) is 13.1. The molecular formula is C15H21N3O. The van der Waals surface area contributed by atoms with Crippen LogP contribution < -0.4 is 16.0 Å². The molecule has 4 heteroatoms. The van der Waals surface area contributed by atoms with E-state index < -0.39 is 0 Å². The highest BCUT2D eigenvalue weighted by molar-refractivity contribution is 5.74. The van der Waals surface area contributed by atoms with Crippen LogP contribution in [0, 0.1) is 0 Å². The van der Waals surface area contributed by atoms with Crippen molar-refractivity contribution >= 4 is 11.7 Å². The quantitative estimate of drug-likeness (QED) is 0.775. The lowest BCUT2D eigenvalue weighted by molar-refractivity contribution is 0.240. The first kappa shape index (κ1) is 12.3. The molecule has 3 rings (SSSR count). The summed E-state index contributed by atoms with van der Waals surface area (Å²) in [5, 5.41) is 9.35. The minimum Gasteiger partial charge on any atom is -0.385 e. The van der Waals surface area contributed by atoms with Crippen LogP contribution in [-0.2, 0) is 12.8 Å². The van der Waals surface area contributed by atoms with Gasteiger partial charge in [0.2, 0.25) is 0 Å². The van der Waals surface area contributed by atoms with Crippen LogP contribution in [0.2, 0.25) is 0 Å². The van der Waals surface area contributed by atoms with Crippen molar-refractivity contribution in [2.75, 3.05) is 18.4 Å². The van der Waals surface area contributed by atoms with E-state index in [0.29, 0.717) is 12.6 Å². The zero-order valence-corrected chi connectivity index (χ0v) is 11.2. The lowest BCUT2D eigenvalue weighted by atomic mass is 9.98. The van der Waals surface area contributed by atoms with Crippen LogP contribution in [0.3, 0.4) is 0 Å².